The van der Waals surface area contributed by atoms with E-state index in [0.717, 1.165) is 18.2 Å². The lowest BCUT2D eigenvalue weighted by Gasteiger charge is -2.33. The third-order valence-corrected chi connectivity index (χ3v) is 5.30. The van der Waals surface area contributed by atoms with E-state index < -0.39 is 0 Å². The van der Waals surface area contributed by atoms with Gasteiger partial charge in [-0.15, -0.1) is 0 Å². The van der Waals surface area contributed by atoms with Crippen molar-refractivity contribution < 1.29 is 0 Å². The first kappa shape index (κ1) is 18.5. The fourth-order valence-corrected chi connectivity index (χ4v) is 4.04. The SMILES string of the molecule is Cc1cccc(N2C[C@@H](C)Cn3c2nc2c3c(=O)n(CC(C)C)c(=O)n2C)c1. The molecule has 1 aliphatic heterocycles. The molecule has 7 heteroatoms. The summed E-state index contributed by atoms with van der Waals surface area (Å²) in [6.45, 7) is 10.2. The van der Waals surface area contributed by atoms with Gasteiger partial charge in [0.2, 0.25) is 5.95 Å². The van der Waals surface area contributed by atoms with E-state index in [1.54, 1.807) is 7.05 Å². The van der Waals surface area contributed by atoms with Gasteiger partial charge in [-0.25, -0.2) is 4.79 Å². The van der Waals surface area contributed by atoms with Gasteiger partial charge in [-0.3, -0.25) is 13.9 Å². The van der Waals surface area contributed by atoms with Crippen LogP contribution in [-0.2, 0) is 20.1 Å². The van der Waals surface area contributed by atoms with E-state index in [0.29, 0.717) is 30.2 Å². The summed E-state index contributed by atoms with van der Waals surface area (Å²) >= 11 is 0. The van der Waals surface area contributed by atoms with Gasteiger partial charge in [0.1, 0.15) is 0 Å². The number of imidazole rings is 1. The molecule has 0 saturated heterocycles. The predicted molar refractivity (Wildman–Crippen MR) is 111 cm³/mol. The van der Waals surface area contributed by atoms with Gasteiger partial charge in [-0.2, -0.15) is 4.98 Å². The molecule has 1 aromatic carbocycles. The summed E-state index contributed by atoms with van der Waals surface area (Å²) in [6, 6.07) is 8.28. The standard InChI is InChI=1S/C21H27N5O2/c1-13(2)10-26-19(27)17-18(23(5)21(26)28)22-20-24(11-15(4)12-25(17)20)16-8-6-7-14(3)9-16/h6-9,13,15H,10-12H2,1-5H3/t15-/m1/s1. The van der Waals surface area contributed by atoms with E-state index in [1.807, 2.05) is 24.5 Å². The van der Waals surface area contributed by atoms with E-state index in [-0.39, 0.29) is 17.2 Å². The second-order valence-corrected chi connectivity index (χ2v) is 8.40. The monoisotopic (exact) mass is 381 g/mol. The van der Waals surface area contributed by atoms with Gasteiger partial charge in [0.25, 0.3) is 5.56 Å². The maximum atomic E-state index is 13.2. The zero-order valence-corrected chi connectivity index (χ0v) is 17.1. The maximum absolute atomic E-state index is 13.2. The molecule has 0 amide bonds. The molecule has 0 bridgehead atoms. The minimum absolute atomic E-state index is 0.203. The van der Waals surface area contributed by atoms with Crippen molar-refractivity contribution in [2.45, 2.75) is 40.8 Å². The molecule has 0 N–H and O–H groups in total. The summed E-state index contributed by atoms with van der Waals surface area (Å²) in [7, 11) is 1.69. The molecule has 0 aliphatic carbocycles. The second kappa shape index (κ2) is 6.65. The van der Waals surface area contributed by atoms with Crippen LogP contribution < -0.4 is 16.1 Å². The molecule has 1 atom stereocenters. The van der Waals surface area contributed by atoms with Gasteiger partial charge in [0, 0.05) is 32.4 Å². The summed E-state index contributed by atoms with van der Waals surface area (Å²) in [6.07, 6.45) is 0. The van der Waals surface area contributed by atoms with Crippen LogP contribution in [0.1, 0.15) is 26.3 Å². The van der Waals surface area contributed by atoms with Crippen LogP contribution in [0.2, 0.25) is 0 Å². The highest BCUT2D eigenvalue weighted by Gasteiger charge is 2.29. The Labute approximate surface area is 163 Å². The van der Waals surface area contributed by atoms with Crippen LogP contribution in [0.15, 0.2) is 33.9 Å². The smallest absolute Gasteiger partial charge is 0.312 e. The minimum atomic E-state index is -0.309. The van der Waals surface area contributed by atoms with Gasteiger partial charge in [-0.1, -0.05) is 32.9 Å². The maximum Gasteiger partial charge on any atom is 0.332 e. The lowest BCUT2D eigenvalue weighted by Crippen LogP contribution is -2.41. The fraction of sp³-hybridized carbons (Fsp3) is 0.476. The molecular weight excluding hydrogens is 354 g/mol. The number of anilines is 2. The Bertz CT molecular complexity index is 1170. The van der Waals surface area contributed by atoms with Gasteiger partial charge in [0.05, 0.1) is 0 Å². The van der Waals surface area contributed by atoms with Crippen molar-refractivity contribution in [3.8, 4) is 0 Å². The zero-order valence-electron chi connectivity index (χ0n) is 17.1. The van der Waals surface area contributed by atoms with Crippen LogP contribution in [0, 0.1) is 18.8 Å². The van der Waals surface area contributed by atoms with Crippen LogP contribution in [-0.4, -0.2) is 25.2 Å². The first-order valence-electron chi connectivity index (χ1n) is 9.82. The Morgan fingerprint density at radius 1 is 1.21 bits per heavy atom. The zero-order chi connectivity index (χ0) is 20.2. The average molecular weight is 381 g/mol. The molecule has 7 nitrogen and oxygen atoms in total. The van der Waals surface area contributed by atoms with Crippen LogP contribution in [0.5, 0.6) is 0 Å². The van der Waals surface area contributed by atoms with Crippen molar-refractivity contribution in [2.75, 3.05) is 11.4 Å². The molecule has 28 heavy (non-hydrogen) atoms. The van der Waals surface area contributed by atoms with Gasteiger partial charge in [0.15, 0.2) is 11.2 Å². The summed E-state index contributed by atoms with van der Waals surface area (Å²) in [4.78, 5) is 32.9. The molecule has 1 aliphatic rings. The van der Waals surface area contributed by atoms with Crippen LogP contribution in [0.25, 0.3) is 11.2 Å². The van der Waals surface area contributed by atoms with Gasteiger partial charge < -0.3 is 9.47 Å². The third-order valence-electron chi connectivity index (χ3n) is 5.30. The third kappa shape index (κ3) is 2.85. The van der Waals surface area contributed by atoms with Crippen molar-refractivity contribution in [1.29, 1.82) is 0 Å². The number of fused-ring (bicyclic) bond motifs is 3. The summed E-state index contributed by atoms with van der Waals surface area (Å²) in [5.74, 6) is 1.28. The predicted octanol–water partition coefficient (Wildman–Crippen LogP) is 2.65. The first-order chi connectivity index (χ1) is 13.3. The van der Waals surface area contributed by atoms with Crippen molar-refractivity contribution in [2.24, 2.45) is 18.9 Å². The number of rotatable bonds is 3. The molecule has 3 heterocycles. The summed E-state index contributed by atoms with van der Waals surface area (Å²) in [5, 5.41) is 0. The first-order valence-corrected chi connectivity index (χ1v) is 9.82. The van der Waals surface area contributed by atoms with E-state index in [1.165, 1.54) is 14.7 Å². The lowest BCUT2D eigenvalue weighted by atomic mass is 10.1. The highest BCUT2D eigenvalue weighted by molar-refractivity contribution is 5.77. The summed E-state index contributed by atoms with van der Waals surface area (Å²) < 4.78 is 4.84. The van der Waals surface area contributed by atoms with Gasteiger partial charge in [-0.05, 0) is 36.5 Å². The average Bonchev–Trinajstić information content (AvgIpc) is 3.02. The topological polar surface area (TPSA) is 65.1 Å². The largest absolute Gasteiger partial charge is 0.332 e. The van der Waals surface area contributed by atoms with Gasteiger partial charge >= 0.3 is 5.69 Å². The fourth-order valence-electron chi connectivity index (χ4n) is 4.04. The molecule has 0 spiro atoms. The molecule has 0 saturated carbocycles. The van der Waals surface area contributed by atoms with Crippen molar-refractivity contribution in [1.82, 2.24) is 18.7 Å². The van der Waals surface area contributed by atoms with E-state index in [4.69, 9.17) is 4.98 Å². The van der Waals surface area contributed by atoms with E-state index >= 15 is 0 Å². The molecule has 0 radical (unpaired) electrons. The molecule has 3 aromatic rings. The Balaban J connectivity index is 2.01. The van der Waals surface area contributed by atoms with Crippen molar-refractivity contribution in [3.05, 3.63) is 50.7 Å². The van der Waals surface area contributed by atoms with Crippen LogP contribution in [0.4, 0.5) is 11.6 Å². The van der Waals surface area contributed by atoms with Crippen molar-refractivity contribution >= 4 is 22.8 Å². The number of aromatic nitrogens is 4. The highest BCUT2D eigenvalue weighted by atomic mass is 16.2. The highest BCUT2D eigenvalue weighted by Crippen LogP contribution is 2.33. The lowest BCUT2D eigenvalue weighted by molar-refractivity contribution is 0.454. The number of benzene rings is 1. The molecular formula is C21H27N5O2. The molecule has 2 aromatic heterocycles. The Morgan fingerprint density at radius 3 is 2.64 bits per heavy atom. The number of nitrogens with zero attached hydrogens (tertiary/aromatic N) is 5. The Morgan fingerprint density at radius 2 is 1.96 bits per heavy atom. The second-order valence-electron chi connectivity index (χ2n) is 8.40. The normalized spacial score (nSPS) is 16.8. The van der Waals surface area contributed by atoms with E-state index in [9.17, 15) is 9.59 Å². The Hall–Kier alpha value is -2.83. The molecule has 0 fully saturated rings. The van der Waals surface area contributed by atoms with Crippen molar-refractivity contribution in [3.63, 3.8) is 0 Å². The summed E-state index contributed by atoms with van der Waals surface area (Å²) in [5.41, 5.74) is 2.64. The Kier molecular flexibility index (Phi) is 4.40. The number of hydrogen-bond acceptors (Lipinski definition) is 4. The molecule has 0 unspecified atom stereocenters. The minimum Gasteiger partial charge on any atom is -0.312 e. The van der Waals surface area contributed by atoms with Crippen LogP contribution in [0.3, 0.4) is 0 Å². The van der Waals surface area contributed by atoms with Crippen LogP contribution >= 0.6 is 0 Å². The van der Waals surface area contributed by atoms with E-state index in [2.05, 4.69) is 36.9 Å². The number of aryl methyl sites for hydroxylation is 2. The molecule has 148 valence electrons. The quantitative estimate of drug-likeness (QED) is 0.700. The number of hydrogen-bond donors (Lipinski definition) is 0. The molecule has 4 rings (SSSR count).